The molecule has 1 aliphatic rings. The Morgan fingerprint density at radius 3 is 1.38 bits per heavy atom. The van der Waals surface area contributed by atoms with Gasteiger partial charge in [0.15, 0.2) is 6.29 Å². The van der Waals surface area contributed by atoms with Gasteiger partial charge in [0.25, 0.3) is 0 Å². The summed E-state index contributed by atoms with van der Waals surface area (Å²) in [6.07, 6.45) is 24.4. The zero-order valence-corrected chi connectivity index (χ0v) is 37.5. The molecule has 0 radical (unpaired) electrons. The average Bonchev–Trinajstić information content (AvgIpc) is 3.21. The smallest absolute Gasteiger partial charge is 0.249 e. The maximum Gasteiger partial charge on any atom is 0.249 e. The van der Waals surface area contributed by atoms with Crippen LogP contribution in [-0.2, 0) is 14.3 Å². The van der Waals surface area contributed by atoms with E-state index in [-0.39, 0.29) is 6.42 Å². The van der Waals surface area contributed by atoms with Crippen LogP contribution < -0.4 is 5.32 Å². The molecule has 11 nitrogen and oxygen atoms in total. The second-order valence-electron chi connectivity index (χ2n) is 18.0. The zero-order valence-electron chi connectivity index (χ0n) is 37.5. The SMILES string of the molecule is CCCCCCCCCCCCCCCCCCCC[C@@H](O)C(=O)N[C@@H](CO[C@H]1O[C@H](CO)[C@H](O)[C@H](O)[C@H]1O)[C@H](O)[C@H](O)CCCCCCCCCCCCC(C)C. The number of rotatable bonds is 40. The Morgan fingerprint density at radius 2 is 0.966 bits per heavy atom. The van der Waals surface area contributed by atoms with Gasteiger partial charge in [0, 0.05) is 0 Å². The van der Waals surface area contributed by atoms with Crippen LogP contribution >= 0.6 is 0 Å². The highest BCUT2D eigenvalue weighted by Crippen LogP contribution is 2.23. The van der Waals surface area contributed by atoms with Crippen LogP contribution in [0.15, 0.2) is 0 Å². The number of nitrogens with one attached hydrogen (secondary N) is 1. The molecule has 1 amide bonds. The molecule has 1 heterocycles. The van der Waals surface area contributed by atoms with E-state index in [0.717, 1.165) is 44.4 Å². The second-order valence-corrected chi connectivity index (χ2v) is 18.0. The molecule has 58 heavy (non-hydrogen) atoms. The van der Waals surface area contributed by atoms with Gasteiger partial charge >= 0.3 is 0 Å². The molecule has 0 bridgehead atoms. The fraction of sp³-hybridized carbons (Fsp3) is 0.979. The Labute approximate surface area is 354 Å². The summed E-state index contributed by atoms with van der Waals surface area (Å²) >= 11 is 0. The summed E-state index contributed by atoms with van der Waals surface area (Å²) in [6, 6.07) is -1.16. The zero-order chi connectivity index (χ0) is 42.8. The first-order valence-electron chi connectivity index (χ1n) is 24.3. The van der Waals surface area contributed by atoms with Crippen molar-refractivity contribution in [1.82, 2.24) is 5.32 Å². The summed E-state index contributed by atoms with van der Waals surface area (Å²) in [5.41, 5.74) is 0. The van der Waals surface area contributed by atoms with Crippen molar-refractivity contribution < 1.29 is 50.0 Å². The molecule has 8 N–H and O–H groups in total. The lowest BCUT2D eigenvalue weighted by Gasteiger charge is -2.40. The van der Waals surface area contributed by atoms with Gasteiger partial charge in [-0.05, 0) is 18.8 Å². The van der Waals surface area contributed by atoms with E-state index in [2.05, 4.69) is 26.1 Å². The highest BCUT2D eigenvalue weighted by atomic mass is 16.7. The molecule has 1 fully saturated rings. The van der Waals surface area contributed by atoms with Gasteiger partial charge in [0.05, 0.1) is 25.4 Å². The maximum atomic E-state index is 13.1. The number of hydrogen-bond donors (Lipinski definition) is 8. The summed E-state index contributed by atoms with van der Waals surface area (Å²) in [5, 5.41) is 75.7. The molecule has 0 aromatic rings. The molecule has 346 valence electrons. The van der Waals surface area contributed by atoms with Crippen molar-refractivity contribution in [3.8, 4) is 0 Å². The average molecular weight is 832 g/mol. The predicted octanol–water partition coefficient (Wildman–Crippen LogP) is 8.14. The summed E-state index contributed by atoms with van der Waals surface area (Å²) in [5.74, 6) is 0.0840. The predicted molar refractivity (Wildman–Crippen MR) is 233 cm³/mol. The fourth-order valence-corrected chi connectivity index (χ4v) is 8.04. The molecule has 0 aromatic heterocycles. The van der Waals surface area contributed by atoms with Crippen molar-refractivity contribution in [2.24, 2.45) is 5.92 Å². The first-order valence-corrected chi connectivity index (χ1v) is 24.3. The number of carbonyl (C=O) groups excluding carboxylic acids is 1. The van der Waals surface area contributed by atoms with E-state index in [4.69, 9.17) is 9.47 Å². The van der Waals surface area contributed by atoms with Gasteiger partial charge < -0.3 is 50.5 Å². The second kappa shape index (κ2) is 36.7. The Bertz CT molecular complexity index is 926. The summed E-state index contributed by atoms with van der Waals surface area (Å²) in [7, 11) is 0. The van der Waals surface area contributed by atoms with Gasteiger partial charge in [-0.3, -0.25) is 4.79 Å². The van der Waals surface area contributed by atoms with Crippen LogP contribution in [0.5, 0.6) is 0 Å². The number of aliphatic hydroxyl groups is 7. The molecular formula is C47H93NO10. The monoisotopic (exact) mass is 832 g/mol. The van der Waals surface area contributed by atoms with Gasteiger partial charge in [-0.2, -0.15) is 0 Å². The Balaban J connectivity index is 2.41. The highest BCUT2D eigenvalue weighted by molar-refractivity contribution is 5.80. The van der Waals surface area contributed by atoms with E-state index in [1.54, 1.807) is 0 Å². The third-order valence-electron chi connectivity index (χ3n) is 12.1. The van der Waals surface area contributed by atoms with Crippen molar-refractivity contribution in [2.45, 2.75) is 275 Å². The van der Waals surface area contributed by atoms with Gasteiger partial charge in [0.1, 0.15) is 36.6 Å². The molecule has 0 aromatic carbocycles. The third-order valence-corrected chi connectivity index (χ3v) is 12.1. The number of aliphatic hydroxyl groups excluding tert-OH is 7. The van der Waals surface area contributed by atoms with Crippen molar-refractivity contribution in [3.63, 3.8) is 0 Å². The van der Waals surface area contributed by atoms with Gasteiger partial charge in [0.2, 0.25) is 5.91 Å². The van der Waals surface area contributed by atoms with E-state index in [1.807, 2.05) is 0 Å². The fourth-order valence-electron chi connectivity index (χ4n) is 8.04. The van der Waals surface area contributed by atoms with E-state index >= 15 is 0 Å². The number of carbonyl (C=O) groups is 1. The van der Waals surface area contributed by atoms with Crippen LogP contribution in [0.1, 0.15) is 220 Å². The quantitative estimate of drug-likeness (QED) is 0.0280. The standard InChI is InChI=1S/C47H93NO10/c1-4-5-6-7-8-9-10-11-12-13-14-15-16-17-22-25-28-31-34-40(51)46(56)48-38(36-57-47-45(55)44(54)43(53)41(35-49)58-47)42(52)39(50)33-30-27-24-21-19-18-20-23-26-29-32-37(2)3/h37-45,47,49-55H,4-36H2,1-3H3,(H,48,56)/t38-,39+,40+,41+,42-,43-,44-,45+,47-/m0/s1. The largest absolute Gasteiger partial charge is 0.394 e. The Hall–Kier alpha value is -0.890. The first kappa shape index (κ1) is 55.1. The number of ether oxygens (including phenoxy) is 2. The minimum Gasteiger partial charge on any atom is -0.394 e. The van der Waals surface area contributed by atoms with Gasteiger partial charge in [-0.1, -0.05) is 207 Å². The van der Waals surface area contributed by atoms with E-state index < -0.39 is 74.2 Å². The van der Waals surface area contributed by atoms with Crippen LogP contribution in [0.4, 0.5) is 0 Å². The lowest BCUT2D eigenvalue weighted by atomic mass is 9.98. The molecule has 0 spiro atoms. The molecule has 0 unspecified atom stereocenters. The van der Waals surface area contributed by atoms with Crippen molar-refractivity contribution in [3.05, 3.63) is 0 Å². The molecule has 1 rings (SSSR count). The molecule has 11 heteroatoms. The number of hydrogen-bond acceptors (Lipinski definition) is 10. The Morgan fingerprint density at radius 1 is 0.569 bits per heavy atom. The normalized spacial score (nSPS) is 21.9. The van der Waals surface area contributed by atoms with E-state index in [0.29, 0.717) is 19.3 Å². The van der Waals surface area contributed by atoms with Gasteiger partial charge in [-0.15, -0.1) is 0 Å². The van der Waals surface area contributed by atoms with Crippen LogP contribution in [0.3, 0.4) is 0 Å². The van der Waals surface area contributed by atoms with Crippen LogP contribution in [-0.4, -0.2) is 110 Å². The summed E-state index contributed by atoms with van der Waals surface area (Å²) in [6.45, 7) is 5.76. The molecule has 1 aliphatic heterocycles. The van der Waals surface area contributed by atoms with Crippen LogP contribution in [0.25, 0.3) is 0 Å². The van der Waals surface area contributed by atoms with Crippen molar-refractivity contribution in [1.29, 1.82) is 0 Å². The van der Waals surface area contributed by atoms with E-state index in [9.17, 15) is 40.5 Å². The highest BCUT2D eigenvalue weighted by Gasteiger charge is 2.44. The summed E-state index contributed by atoms with van der Waals surface area (Å²) in [4.78, 5) is 13.1. The lowest BCUT2D eigenvalue weighted by molar-refractivity contribution is -0.303. The molecule has 9 atom stereocenters. The molecular weight excluding hydrogens is 739 g/mol. The van der Waals surface area contributed by atoms with Crippen molar-refractivity contribution in [2.75, 3.05) is 13.2 Å². The third kappa shape index (κ3) is 27.1. The van der Waals surface area contributed by atoms with Crippen LogP contribution in [0, 0.1) is 5.92 Å². The first-order chi connectivity index (χ1) is 28.0. The van der Waals surface area contributed by atoms with Crippen molar-refractivity contribution >= 4 is 5.91 Å². The molecule has 0 saturated carbocycles. The van der Waals surface area contributed by atoms with E-state index in [1.165, 1.54) is 135 Å². The lowest BCUT2D eigenvalue weighted by Crippen LogP contribution is -2.60. The van der Waals surface area contributed by atoms with Crippen LogP contribution in [0.2, 0.25) is 0 Å². The molecule has 0 aliphatic carbocycles. The van der Waals surface area contributed by atoms with Gasteiger partial charge in [-0.25, -0.2) is 0 Å². The number of amides is 1. The molecule has 1 saturated heterocycles. The number of unbranched alkanes of at least 4 members (excludes halogenated alkanes) is 26. The maximum absolute atomic E-state index is 13.1. The topological polar surface area (TPSA) is 189 Å². The minimum absolute atomic E-state index is 0.266. The minimum atomic E-state index is -1.66. The Kier molecular flexibility index (Phi) is 34.9. The summed E-state index contributed by atoms with van der Waals surface area (Å²) < 4.78 is 11.1.